The van der Waals surface area contributed by atoms with E-state index in [-0.39, 0.29) is 0 Å². The highest BCUT2D eigenvalue weighted by Gasteiger charge is 2.22. The van der Waals surface area contributed by atoms with Crippen LogP contribution in [0.2, 0.25) is 0 Å². The SMILES string of the molecule is C#CCN1CCC(NCC(C)(C)CCOC)CC1. The second kappa shape index (κ2) is 7.78. The van der Waals surface area contributed by atoms with Crippen molar-refractivity contribution in [2.75, 3.05) is 39.9 Å². The van der Waals surface area contributed by atoms with E-state index in [1.54, 1.807) is 7.11 Å². The van der Waals surface area contributed by atoms with Gasteiger partial charge in [-0.05, 0) is 24.7 Å². The Hall–Kier alpha value is -0.560. The molecule has 104 valence electrons. The van der Waals surface area contributed by atoms with Gasteiger partial charge in [-0.15, -0.1) is 6.42 Å². The molecule has 0 atom stereocenters. The van der Waals surface area contributed by atoms with Crippen molar-refractivity contribution in [2.24, 2.45) is 5.41 Å². The molecular weight excluding hydrogens is 224 g/mol. The number of piperidine rings is 1. The van der Waals surface area contributed by atoms with Gasteiger partial charge in [0.25, 0.3) is 0 Å². The molecule has 1 fully saturated rings. The Morgan fingerprint density at radius 2 is 2.06 bits per heavy atom. The van der Waals surface area contributed by atoms with Crippen LogP contribution >= 0.6 is 0 Å². The van der Waals surface area contributed by atoms with Crippen LogP contribution in [-0.2, 0) is 4.74 Å². The summed E-state index contributed by atoms with van der Waals surface area (Å²) in [4.78, 5) is 2.36. The lowest BCUT2D eigenvalue weighted by Crippen LogP contribution is -2.45. The van der Waals surface area contributed by atoms with Crippen molar-refractivity contribution in [1.29, 1.82) is 0 Å². The zero-order valence-electron chi connectivity index (χ0n) is 12.2. The molecule has 0 amide bonds. The number of ether oxygens (including phenoxy) is 1. The van der Waals surface area contributed by atoms with Crippen molar-refractivity contribution in [1.82, 2.24) is 10.2 Å². The third-order valence-electron chi connectivity index (χ3n) is 3.75. The van der Waals surface area contributed by atoms with Gasteiger partial charge in [-0.25, -0.2) is 0 Å². The molecule has 0 bridgehead atoms. The molecule has 0 aromatic carbocycles. The third-order valence-corrected chi connectivity index (χ3v) is 3.75. The minimum atomic E-state index is 0.311. The lowest BCUT2D eigenvalue weighted by Gasteiger charge is -2.34. The summed E-state index contributed by atoms with van der Waals surface area (Å²) in [7, 11) is 1.77. The van der Waals surface area contributed by atoms with Crippen molar-refractivity contribution in [3.63, 3.8) is 0 Å². The number of nitrogens with zero attached hydrogens (tertiary/aromatic N) is 1. The summed E-state index contributed by atoms with van der Waals surface area (Å²) in [6.45, 7) is 9.55. The van der Waals surface area contributed by atoms with Gasteiger partial charge in [-0.2, -0.15) is 0 Å². The molecule has 0 spiro atoms. The van der Waals surface area contributed by atoms with E-state index in [1.165, 1.54) is 12.8 Å². The van der Waals surface area contributed by atoms with Crippen molar-refractivity contribution >= 4 is 0 Å². The van der Waals surface area contributed by atoms with Gasteiger partial charge in [0.2, 0.25) is 0 Å². The molecule has 1 saturated heterocycles. The fraction of sp³-hybridized carbons (Fsp3) is 0.867. The molecule has 0 aliphatic carbocycles. The minimum absolute atomic E-state index is 0.311. The molecule has 1 aliphatic heterocycles. The Bertz CT molecular complexity index is 262. The van der Waals surface area contributed by atoms with Crippen LogP contribution in [0.4, 0.5) is 0 Å². The Morgan fingerprint density at radius 1 is 1.39 bits per heavy atom. The van der Waals surface area contributed by atoms with Crippen LogP contribution in [0.5, 0.6) is 0 Å². The summed E-state index contributed by atoms with van der Waals surface area (Å²) in [6, 6.07) is 0.654. The van der Waals surface area contributed by atoms with Gasteiger partial charge >= 0.3 is 0 Å². The molecule has 3 nitrogen and oxygen atoms in total. The monoisotopic (exact) mass is 252 g/mol. The number of nitrogens with one attached hydrogen (secondary N) is 1. The lowest BCUT2D eigenvalue weighted by atomic mass is 9.89. The molecule has 1 heterocycles. The first-order valence-corrected chi connectivity index (χ1v) is 6.95. The van der Waals surface area contributed by atoms with E-state index in [0.717, 1.165) is 39.2 Å². The fourth-order valence-corrected chi connectivity index (χ4v) is 2.31. The number of hydrogen-bond acceptors (Lipinski definition) is 3. The fourth-order valence-electron chi connectivity index (χ4n) is 2.31. The third kappa shape index (κ3) is 5.86. The largest absolute Gasteiger partial charge is 0.385 e. The van der Waals surface area contributed by atoms with Gasteiger partial charge in [0, 0.05) is 39.4 Å². The maximum atomic E-state index is 5.34. The number of methoxy groups -OCH3 is 1. The highest BCUT2D eigenvalue weighted by Crippen LogP contribution is 2.20. The summed E-state index contributed by atoms with van der Waals surface area (Å²) in [5.41, 5.74) is 0.311. The molecule has 0 unspecified atom stereocenters. The van der Waals surface area contributed by atoms with Crippen LogP contribution in [-0.4, -0.2) is 50.8 Å². The van der Waals surface area contributed by atoms with Gasteiger partial charge in [0.1, 0.15) is 0 Å². The Balaban J connectivity index is 2.19. The normalized spacial score (nSPS) is 18.8. The standard InChI is InChI=1S/C15H28N2O/c1-5-9-17-10-6-14(7-11-17)16-13-15(2,3)8-12-18-4/h1,14,16H,6-13H2,2-4H3. The average molecular weight is 252 g/mol. The van der Waals surface area contributed by atoms with Gasteiger partial charge in [0.05, 0.1) is 6.54 Å². The molecule has 0 aromatic heterocycles. The Kier molecular flexibility index (Phi) is 6.70. The van der Waals surface area contributed by atoms with Crippen molar-refractivity contribution in [2.45, 2.75) is 39.2 Å². The maximum absolute atomic E-state index is 5.34. The predicted molar refractivity (Wildman–Crippen MR) is 76.6 cm³/mol. The molecule has 0 aromatic rings. The molecule has 0 saturated carbocycles. The molecule has 0 radical (unpaired) electrons. The second-order valence-electron chi connectivity index (χ2n) is 6.04. The topological polar surface area (TPSA) is 24.5 Å². The highest BCUT2D eigenvalue weighted by atomic mass is 16.5. The van der Waals surface area contributed by atoms with Crippen LogP contribution in [0.25, 0.3) is 0 Å². The van der Waals surface area contributed by atoms with Crippen molar-refractivity contribution in [3.8, 4) is 12.3 Å². The molecular formula is C15H28N2O. The first-order chi connectivity index (χ1) is 8.57. The van der Waals surface area contributed by atoms with E-state index in [4.69, 9.17) is 11.2 Å². The van der Waals surface area contributed by atoms with E-state index < -0.39 is 0 Å². The maximum Gasteiger partial charge on any atom is 0.0598 e. The molecule has 3 heteroatoms. The van der Waals surface area contributed by atoms with E-state index in [1.807, 2.05) is 0 Å². The van der Waals surface area contributed by atoms with Crippen LogP contribution in [0.15, 0.2) is 0 Å². The number of likely N-dealkylation sites (tertiary alicyclic amines) is 1. The molecule has 1 aliphatic rings. The van der Waals surface area contributed by atoms with Crippen molar-refractivity contribution in [3.05, 3.63) is 0 Å². The van der Waals surface area contributed by atoms with E-state index in [2.05, 4.69) is 30.0 Å². The summed E-state index contributed by atoms with van der Waals surface area (Å²) in [5, 5.41) is 3.70. The summed E-state index contributed by atoms with van der Waals surface area (Å²) in [5.74, 6) is 2.72. The van der Waals surface area contributed by atoms with Crippen LogP contribution in [0.3, 0.4) is 0 Å². The van der Waals surface area contributed by atoms with Crippen molar-refractivity contribution < 1.29 is 4.74 Å². The van der Waals surface area contributed by atoms with Gasteiger partial charge in [-0.3, -0.25) is 4.90 Å². The summed E-state index contributed by atoms with van der Waals surface area (Å²) >= 11 is 0. The highest BCUT2D eigenvalue weighted by molar-refractivity contribution is 4.90. The first-order valence-electron chi connectivity index (χ1n) is 6.95. The lowest BCUT2D eigenvalue weighted by molar-refractivity contribution is 0.143. The van der Waals surface area contributed by atoms with Gasteiger partial charge in [0.15, 0.2) is 0 Å². The number of rotatable bonds is 7. The first kappa shape index (κ1) is 15.5. The minimum Gasteiger partial charge on any atom is -0.385 e. The van der Waals surface area contributed by atoms with Gasteiger partial charge < -0.3 is 10.1 Å². The number of terminal acetylenes is 1. The predicted octanol–water partition coefficient (Wildman–Crippen LogP) is 1.74. The summed E-state index contributed by atoms with van der Waals surface area (Å²) in [6.07, 6.45) is 8.86. The smallest absolute Gasteiger partial charge is 0.0598 e. The average Bonchev–Trinajstić information content (AvgIpc) is 2.36. The van der Waals surface area contributed by atoms with E-state index >= 15 is 0 Å². The second-order valence-corrected chi connectivity index (χ2v) is 6.04. The molecule has 1 rings (SSSR count). The van der Waals surface area contributed by atoms with Crippen LogP contribution in [0, 0.1) is 17.8 Å². The Labute approximate surface area is 112 Å². The quantitative estimate of drug-likeness (QED) is 0.699. The van der Waals surface area contributed by atoms with Crippen LogP contribution < -0.4 is 5.32 Å². The van der Waals surface area contributed by atoms with E-state index in [9.17, 15) is 0 Å². The summed E-state index contributed by atoms with van der Waals surface area (Å²) < 4.78 is 5.16. The van der Waals surface area contributed by atoms with E-state index in [0.29, 0.717) is 11.5 Å². The molecule has 1 N–H and O–H groups in total. The number of hydrogen-bond donors (Lipinski definition) is 1. The zero-order chi connectivity index (χ0) is 13.4. The van der Waals surface area contributed by atoms with Gasteiger partial charge in [-0.1, -0.05) is 19.8 Å². The Morgan fingerprint density at radius 3 is 2.61 bits per heavy atom. The zero-order valence-corrected chi connectivity index (χ0v) is 12.2. The van der Waals surface area contributed by atoms with Crippen LogP contribution in [0.1, 0.15) is 33.1 Å². The molecule has 18 heavy (non-hydrogen) atoms.